The van der Waals surface area contributed by atoms with Crippen LogP contribution in [0, 0.1) is 34.9 Å². The molecule has 3 nitrogen and oxygen atoms in total. The smallest absolute Gasteiger partial charge is 0.195 e. The van der Waals surface area contributed by atoms with Gasteiger partial charge in [-0.2, -0.15) is 0 Å². The first-order valence-electron chi connectivity index (χ1n) is 16.3. The maximum absolute atomic E-state index is 14.5. The van der Waals surface area contributed by atoms with E-state index in [4.69, 9.17) is 9.73 Å². The molecule has 0 saturated heterocycles. The quantitative estimate of drug-likeness (QED) is 0.149. The van der Waals surface area contributed by atoms with Crippen LogP contribution in [0.5, 0.6) is 0 Å². The molecule has 1 aliphatic heterocycles. The molecule has 222 valence electrons. The summed E-state index contributed by atoms with van der Waals surface area (Å²) in [6.07, 6.45) is 18.9. The number of allylic oxidation sites excluding steroid dienone is 2. The number of halogens is 1. The fourth-order valence-corrected chi connectivity index (χ4v) is 8.02. The second kappa shape index (κ2) is 13.1. The zero-order valence-corrected chi connectivity index (χ0v) is 25.5. The lowest BCUT2D eigenvalue weighted by atomic mass is 9.78. The third-order valence-corrected chi connectivity index (χ3v) is 10.6. The zero-order chi connectivity index (χ0) is 29.0. The number of aliphatic imine (C=N–C) groups is 1. The molecule has 0 radical (unpaired) electrons. The van der Waals surface area contributed by atoms with E-state index in [0.29, 0.717) is 24.4 Å². The Morgan fingerprint density at radius 2 is 1.98 bits per heavy atom. The van der Waals surface area contributed by atoms with Gasteiger partial charge in [-0.05, 0) is 79.0 Å². The van der Waals surface area contributed by atoms with Crippen molar-refractivity contribution in [3.05, 3.63) is 77.8 Å². The molecule has 4 heteroatoms. The minimum atomic E-state index is -0.243. The molecule has 41 heavy (non-hydrogen) atoms. The van der Waals surface area contributed by atoms with Gasteiger partial charge in [0.1, 0.15) is 18.5 Å². The van der Waals surface area contributed by atoms with Gasteiger partial charge >= 0.3 is 0 Å². The topological polar surface area (TPSA) is 33.6 Å². The van der Waals surface area contributed by atoms with Gasteiger partial charge in [0.05, 0.1) is 5.41 Å². The number of nitrogens with zero attached hydrogens (tertiary/aromatic N) is 1. The first-order chi connectivity index (χ1) is 19.8. The second-order valence-corrected chi connectivity index (χ2v) is 13.2. The predicted molar refractivity (Wildman–Crippen MR) is 170 cm³/mol. The number of fused-ring (bicyclic) bond motifs is 1. The van der Waals surface area contributed by atoms with Gasteiger partial charge in [0.15, 0.2) is 5.90 Å². The van der Waals surface area contributed by atoms with Crippen LogP contribution in [0.4, 0.5) is 4.39 Å². The van der Waals surface area contributed by atoms with Crippen molar-refractivity contribution in [2.75, 3.05) is 13.2 Å². The van der Waals surface area contributed by atoms with Gasteiger partial charge in [0, 0.05) is 12.2 Å². The van der Waals surface area contributed by atoms with E-state index in [1.165, 1.54) is 56.9 Å². The van der Waals surface area contributed by atoms with E-state index in [2.05, 4.69) is 51.1 Å². The van der Waals surface area contributed by atoms with Crippen molar-refractivity contribution in [3.63, 3.8) is 0 Å². The number of hydrogen-bond acceptors (Lipinski definition) is 3. The van der Waals surface area contributed by atoms with Crippen LogP contribution in [0.2, 0.25) is 0 Å². The Bertz CT molecular complexity index is 1190. The van der Waals surface area contributed by atoms with Crippen LogP contribution in [0.25, 0.3) is 6.08 Å². The first kappa shape index (κ1) is 29.9. The Labute approximate surface area is 248 Å². The van der Waals surface area contributed by atoms with Gasteiger partial charge in [-0.25, -0.2) is 9.38 Å². The number of benzene rings is 1. The van der Waals surface area contributed by atoms with Gasteiger partial charge in [0.2, 0.25) is 0 Å². The van der Waals surface area contributed by atoms with Crippen LogP contribution in [0.1, 0.15) is 95.6 Å². The van der Waals surface area contributed by atoms with Gasteiger partial charge in [-0.1, -0.05) is 108 Å². The summed E-state index contributed by atoms with van der Waals surface area (Å²) in [6, 6.07) is 5.10. The Morgan fingerprint density at radius 3 is 2.76 bits per heavy atom. The Kier molecular flexibility index (Phi) is 9.56. The van der Waals surface area contributed by atoms with Gasteiger partial charge in [-0.15, -0.1) is 0 Å². The summed E-state index contributed by atoms with van der Waals surface area (Å²) < 4.78 is 20.9. The summed E-state index contributed by atoms with van der Waals surface area (Å²) in [6.45, 7) is 19.0. The molecule has 0 bridgehead atoms. The van der Waals surface area contributed by atoms with Crippen LogP contribution in [-0.4, -0.2) is 25.1 Å². The van der Waals surface area contributed by atoms with Crippen LogP contribution in [0.15, 0.2) is 65.8 Å². The molecule has 1 aromatic carbocycles. The fourth-order valence-electron chi connectivity index (χ4n) is 8.02. The maximum Gasteiger partial charge on any atom is 0.195 e. The van der Waals surface area contributed by atoms with Crippen molar-refractivity contribution in [2.24, 2.45) is 34.1 Å². The number of hydrogen-bond donors (Lipinski definition) is 1. The third kappa shape index (κ3) is 6.42. The van der Waals surface area contributed by atoms with E-state index in [-0.39, 0.29) is 17.3 Å². The standard InChI is InChI=1S/C37H51FN2O/c1-6-25(2)15-18-30-19-20-32(38)22-31(30)23-33-35-26(3)16-17-27(4)37(33,35)36-40-34(24-41-36)28(5)39-21-11-10-14-29-12-8-7-9-13-29/h15,18-20,22,26,29,33-35,39H,2,4-14,16-17,21,23-24H2,1,3H3/b18-15+. The van der Waals surface area contributed by atoms with E-state index in [1.54, 1.807) is 12.1 Å². The second-order valence-electron chi connectivity index (χ2n) is 13.2. The van der Waals surface area contributed by atoms with Crippen molar-refractivity contribution in [3.8, 4) is 0 Å². The summed E-state index contributed by atoms with van der Waals surface area (Å²) >= 11 is 0. The van der Waals surface area contributed by atoms with Crippen LogP contribution in [0.3, 0.4) is 0 Å². The Morgan fingerprint density at radius 1 is 1.17 bits per heavy atom. The summed E-state index contributed by atoms with van der Waals surface area (Å²) in [5.41, 5.74) is 5.12. The van der Waals surface area contributed by atoms with E-state index in [0.717, 1.165) is 66.4 Å². The first-order valence-corrected chi connectivity index (χ1v) is 16.3. The minimum absolute atomic E-state index is 0.0580. The van der Waals surface area contributed by atoms with E-state index in [1.807, 2.05) is 6.07 Å². The predicted octanol–water partition coefficient (Wildman–Crippen LogP) is 9.22. The fraction of sp³-hybridized carbons (Fsp3) is 0.595. The van der Waals surface area contributed by atoms with Crippen molar-refractivity contribution >= 4 is 12.0 Å². The van der Waals surface area contributed by atoms with Crippen molar-refractivity contribution < 1.29 is 9.13 Å². The lowest BCUT2D eigenvalue weighted by Crippen LogP contribution is -2.27. The van der Waals surface area contributed by atoms with E-state index in [9.17, 15) is 4.39 Å². The molecule has 0 amide bonds. The highest BCUT2D eigenvalue weighted by Crippen LogP contribution is 2.72. The molecule has 5 rings (SSSR count). The van der Waals surface area contributed by atoms with Crippen LogP contribution >= 0.6 is 0 Å². The lowest BCUT2D eigenvalue weighted by molar-refractivity contribution is 0.285. The number of ether oxygens (including phenoxy) is 1. The highest BCUT2D eigenvalue weighted by atomic mass is 19.1. The Hall–Kier alpha value is -2.62. The van der Waals surface area contributed by atoms with Crippen molar-refractivity contribution in [1.82, 2.24) is 5.32 Å². The molecule has 1 heterocycles. The summed E-state index contributed by atoms with van der Waals surface area (Å²) in [7, 11) is 0. The monoisotopic (exact) mass is 558 g/mol. The largest absolute Gasteiger partial charge is 0.478 e. The third-order valence-electron chi connectivity index (χ3n) is 10.6. The molecule has 5 unspecified atom stereocenters. The number of nitrogens with one attached hydrogen (secondary N) is 1. The average Bonchev–Trinajstić information content (AvgIpc) is 3.39. The molecule has 0 aromatic heterocycles. The molecule has 5 atom stereocenters. The normalized spacial score (nSPS) is 29.6. The molecular weight excluding hydrogens is 507 g/mol. The van der Waals surface area contributed by atoms with Gasteiger partial charge in [-0.3, -0.25) is 0 Å². The highest BCUT2D eigenvalue weighted by Gasteiger charge is 2.72. The highest BCUT2D eigenvalue weighted by molar-refractivity contribution is 5.92. The molecule has 3 fully saturated rings. The number of unbranched alkanes of at least 4 members (excludes halogenated alkanes) is 1. The molecule has 0 spiro atoms. The molecule has 3 saturated carbocycles. The van der Waals surface area contributed by atoms with Crippen LogP contribution < -0.4 is 5.32 Å². The summed E-state index contributed by atoms with van der Waals surface area (Å²) in [5, 5.41) is 3.56. The van der Waals surface area contributed by atoms with Gasteiger partial charge in [0.25, 0.3) is 0 Å². The van der Waals surface area contributed by atoms with E-state index < -0.39 is 0 Å². The molecule has 4 aliphatic rings. The maximum atomic E-state index is 14.5. The molecular formula is C37H51FN2O. The van der Waals surface area contributed by atoms with Gasteiger partial charge < -0.3 is 10.1 Å². The minimum Gasteiger partial charge on any atom is -0.478 e. The zero-order valence-electron chi connectivity index (χ0n) is 25.5. The average molecular weight is 559 g/mol. The Balaban J connectivity index is 1.25. The summed E-state index contributed by atoms with van der Waals surface area (Å²) in [5.74, 6) is 2.90. The van der Waals surface area contributed by atoms with Crippen LogP contribution in [-0.2, 0) is 11.2 Å². The molecule has 1 N–H and O–H groups in total. The molecule has 1 aromatic rings. The van der Waals surface area contributed by atoms with E-state index >= 15 is 0 Å². The SMILES string of the molecule is C=C(/C=C/c1ccc(F)cc1CC1C2C(C)CCC(=C)C12C1=NC(C(=C)NCCCCC2CCCCC2)CO1)CC. The number of rotatable bonds is 13. The summed E-state index contributed by atoms with van der Waals surface area (Å²) in [4.78, 5) is 5.16. The van der Waals surface area contributed by atoms with Crippen molar-refractivity contribution in [2.45, 2.75) is 96.9 Å². The molecule has 3 aliphatic carbocycles. The lowest BCUT2D eigenvalue weighted by Gasteiger charge is -2.28. The van der Waals surface area contributed by atoms with Crippen molar-refractivity contribution in [1.29, 1.82) is 0 Å².